The van der Waals surface area contributed by atoms with Crippen LogP contribution in [0.5, 0.6) is 11.5 Å². The zero-order valence-electron chi connectivity index (χ0n) is 17.3. The number of aromatic nitrogens is 3. The minimum atomic E-state index is -0.173. The first-order valence-corrected chi connectivity index (χ1v) is 10.1. The second-order valence-corrected chi connectivity index (χ2v) is 6.97. The molecule has 0 unspecified atom stereocenters. The van der Waals surface area contributed by atoms with Crippen LogP contribution in [-0.4, -0.2) is 34.2 Å². The molecule has 0 radical (unpaired) electrons. The molecule has 1 N–H and O–H groups in total. The molecule has 7 heteroatoms. The molecule has 0 spiro atoms. The third-order valence-corrected chi connectivity index (χ3v) is 4.90. The number of nitrogens with one attached hydrogen (secondary N) is 1. The Morgan fingerprint density at radius 1 is 1.06 bits per heavy atom. The van der Waals surface area contributed by atoms with Gasteiger partial charge in [0, 0.05) is 25.0 Å². The van der Waals surface area contributed by atoms with Crippen molar-refractivity contribution >= 4 is 16.9 Å². The molecule has 0 saturated heterocycles. The maximum atomic E-state index is 12.4. The lowest BCUT2D eigenvalue weighted by atomic mass is 10.3. The molecule has 0 atom stereocenters. The lowest BCUT2D eigenvalue weighted by molar-refractivity contribution is 0.0949. The first-order chi connectivity index (χ1) is 15.2. The number of para-hydroxylation sites is 2. The number of hydrogen-bond acceptors (Lipinski definition) is 5. The van der Waals surface area contributed by atoms with Gasteiger partial charge >= 0.3 is 0 Å². The fourth-order valence-corrected chi connectivity index (χ4v) is 3.37. The molecule has 158 valence electrons. The van der Waals surface area contributed by atoms with Crippen LogP contribution in [0.1, 0.15) is 22.6 Å². The van der Waals surface area contributed by atoms with Gasteiger partial charge in [0.05, 0.1) is 36.9 Å². The molecule has 2 aromatic carbocycles. The van der Waals surface area contributed by atoms with E-state index in [0.29, 0.717) is 18.7 Å². The summed E-state index contributed by atoms with van der Waals surface area (Å²) < 4.78 is 13.2. The number of imidazole rings is 1. The number of aryl methyl sites for hydroxylation is 1. The van der Waals surface area contributed by atoms with E-state index in [4.69, 9.17) is 14.5 Å². The van der Waals surface area contributed by atoms with Crippen molar-refractivity contribution < 1.29 is 14.3 Å². The fraction of sp³-hybridized carbons (Fsp3) is 0.208. The molecule has 0 aliphatic rings. The van der Waals surface area contributed by atoms with Crippen molar-refractivity contribution in [1.82, 2.24) is 19.9 Å². The molecule has 31 heavy (non-hydrogen) atoms. The number of benzene rings is 2. The van der Waals surface area contributed by atoms with Gasteiger partial charge in [0.15, 0.2) is 0 Å². The topological polar surface area (TPSA) is 78.3 Å². The van der Waals surface area contributed by atoms with E-state index in [9.17, 15) is 4.79 Å². The highest BCUT2D eigenvalue weighted by Crippen LogP contribution is 2.20. The summed E-state index contributed by atoms with van der Waals surface area (Å²) in [7, 11) is 1.64. The third kappa shape index (κ3) is 5.01. The molecular formula is C24H24N4O3. The van der Waals surface area contributed by atoms with Gasteiger partial charge < -0.3 is 19.4 Å². The van der Waals surface area contributed by atoms with Gasteiger partial charge in [-0.2, -0.15) is 0 Å². The van der Waals surface area contributed by atoms with Crippen LogP contribution in [0.25, 0.3) is 11.0 Å². The van der Waals surface area contributed by atoms with Crippen LogP contribution in [0.3, 0.4) is 0 Å². The predicted octanol–water partition coefficient (Wildman–Crippen LogP) is 3.84. The molecular weight excluding hydrogens is 392 g/mol. The van der Waals surface area contributed by atoms with E-state index in [-0.39, 0.29) is 5.91 Å². The number of nitrogens with zero attached hydrogens (tertiary/aromatic N) is 3. The second-order valence-electron chi connectivity index (χ2n) is 6.97. The van der Waals surface area contributed by atoms with E-state index in [0.717, 1.165) is 41.3 Å². The third-order valence-electron chi connectivity index (χ3n) is 4.90. The molecule has 7 nitrogen and oxygen atoms in total. The van der Waals surface area contributed by atoms with Gasteiger partial charge in [-0.15, -0.1) is 0 Å². The van der Waals surface area contributed by atoms with Gasteiger partial charge in [0.2, 0.25) is 0 Å². The average Bonchev–Trinajstić information content (AvgIpc) is 3.18. The summed E-state index contributed by atoms with van der Waals surface area (Å²) in [5.74, 6) is 2.18. The molecule has 0 aliphatic heterocycles. The molecule has 2 heterocycles. The molecule has 0 saturated carbocycles. The van der Waals surface area contributed by atoms with Crippen molar-refractivity contribution in [3.8, 4) is 11.5 Å². The Kier molecular flexibility index (Phi) is 6.42. The highest BCUT2D eigenvalue weighted by Gasteiger charge is 2.12. The van der Waals surface area contributed by atoms with Gasteiger partial charge in [-0.3, -0.25) is 9.78 Å². The van der Waals surface area contributed by atoms with Gasteiger partial charge in [-0.05, 0) is 42.8 Å². The summed E-state index contributed by atoms with van der Waals surface area (Å²) >= 11 is 0. The molecule has 1 amide bonds. The average molecular weight is 416 g/mol. The fourth-order valence-electron chi connectivity index (χ4n) is 3.37. The van der Waals surface area contributed by atoms with Crippen LogP contribution in [-0.2, 0) is 13.1 Å². The van der Waals surface area contributed by atoms with Crippen molar-refractivity contribution in [3.05, 3.63) is 84.4 Å². The van der Waals surface area contributed by atoms with E-state index < -0.39 is 0 Å². The lowest BCUT2D eigenvalue weighted by Gasteiger charge is -2.11. The van der Waals surface area contributed by atoms with Crippen LogP contribution in [0.4, 0.5) is 0 Å². The summed E-state index contributed by atoms with van der Waals surface area (Å²) in [4.78, 5) is 21.1. The van der Waals surface area contributed by atoms with E-state index >= 15 is 0 Å². The number of ether oxygens (including phenoxy) is 2. The summed E-state index contributed by atoms with van der Waals surface area (Å²) in [6.07, 6.45) is 3.99. The maximum absolute atomic E-state index is 12.4. The summed E-state index contributed by atoms with van der Waals surface area (Å²) in [5, 5.41) is 2.94. The van der Waals surface area contributed by atoms with E-state index in [2.05, 4.69) is 14.9 Å². The van der Waals surface area contributed by atoms with Crippen LogP contribution < -0.4 is 14.8 Å². The lowest BCUT2D eigenvalue weighted by Crippen LogP contribution is -2.25. The van der Waals surface area contributed by atoms with E-state index in [1.54, 1.807) is 31.6 Å². The Bertz CT molecular complexity index is 1160. The Balaban J connectivity index is 1.42. The van der Waals surface area contributed by atoms with Crippen molar-refractivity contribution in [2.24, 2.45) is 0 Å². The minimum Gasteiger partial charge on any atom is -0.497 e. The second kappa shape index (κ2) is 9.75. The summed E-state index contributed by atoms with van der Waals surface area (Å²) in [6, 6.07) is 19.0. The number of amides is 1. The highest BCUT2D eigenvalue weighted by atomic mass is 16.5. The normalized spacial score (nSPS) is 10.7. The van der Waals surface area contributed by atoms with Gasteiger partial charge in [-0.1, -0.05) is 18.2 Å². The van der Waals surface area contributed by atoms with Crippen molar-refractivity contribution in [1.29, 1.82) is 0 Å². The predicted molar refractivity (Wildman–Crippen MR) is 118 cm³/mol. The first kappa shape index (κ1) is 20.4. The zero-order chi connectivity index (χ0) is 21.5. The smallest absolute Gasteiger partial charge is 0.253 e. The number of methoxy groups -OCH3 is 1. The molecule has 4 rings (SSSR count). The van der Waals surface area contributed by atoms with E-state index in [1.165, 1.54) is 0 Å². The first-order valence-electron chi connectivity index (χ1n) is 10.1. The van der Waals surface area contributed by atoms with Crippen LogP contribution in [0, 0.1) is 0 Å². The molecule has 4 aromatic rings. The van der Waals surface area contributed by atoms with Gasteiger partial charge in [0.25, 0.3) is 5.91 Å². The summed E-state index contributed by atoms with van der Waals surface area (Å²) in [6.45, 7) is 1.61. The number of fused-ring (bicyclic) bond motifs is 1. The maximum Gasteiger partial charge on any atom is 0.253 e. The largest absolute Gasteiger partial charge is 0.497 e. The number of pyridine rings is 1. The summed E-state index contributed by atoms with van der Waals surface area (Å²) in [5.41, 5.74) is 2.47. The molecule has 0 bridgehead atoms. The van der Waals surface area contributed by atoms with Crippen LogP contribution in [0.15, 0.2) is 73.1 Å². The van der Waals surface area contributed by atoms with E-state index in [1.807, 2.05) is 48.5 Å². The van der Waals surface area contributed by atoms with Crippen molar-refractivity contribution in [3.63, 3.8) is 0 Å². The molecule has 2 aromatic heterocycles. The monoisotopic (exact) mass is 416 g/mol. The van der Waals surface area contributed by atoms with Crippen LogP contribution in [0.2, 0.25) is 0 Å². The van der Waals surface area contributed by atoms with Crippen LogP contribution >= 0.6 is 0 Å². The minimum absolute atomic E-state index is 0.173. The number of carbonyl (C=O) groups excluding carboxylic acids is 1. The number of carbonyl (C=O) groups is 1. The number of hydrogen-bond donors (Lipinski definition) is 1. The number of rotatable bonds is 9. The Hall–Kier alpha value is -3.87. The Morgan fingerprint density at radius 2 is 1.94 bits per heavy atom. The van der Waals surface area contributed by atoms with Gasteiger partial charge in [0.1, 0.15) is 17.3 Å². The molecule has 0 aliphatic carbocycles. The van der Waals surface area contributed by atoms with Crippen molar-refractivity contribution in [2.75, 3.05) is 13.7 Å². The SMILES string of the molecule is COc1cccc(OCCCn2c(CNC(=O)c3cccnc3)nc3ccccc32)c1. The van der Waals surface area contributed by atoms with Crippen molar-refractivity contribution in [2.45, 2.75) is 19.5 Å². The quantitative estimate of drug-likeness (QED) is 0.420. The molecule has 0 fully saturated rings. The standard InChI is InChI=1S/C24H24N4O3/c1-30-19-8-4-9-20(15-19)31-14-6-13-28-22-11-3-2-10-21(22)27-23(28)17-26-24(29)18-7-5-12-25-16-18/h2-5,7-12,15-16H,6,13-14,17H2,1H3,(H,26,29). The highest BCUT2D eigenvalue weighted by molar-refractivity contribution is 5.93. The van der Waals surface area contributed by atoms with Gasteiger partial charge in [-0.25, -0.2) is 4.98 Å². The zero-order valence-corrected chi connectivity index (χ0v) is 17.3. The Morgan fingerprint density at radius 3 is 2.77 bits per heavy atom. The Labute approximate surface area is 180 Å².